The third-order valence-electron chi connectivity index (χ3n) is 4.83. The standard InChI is InChI=1S/C18H21BrN4/c1-13-4-2-3-9-22(10-7-13)18-17-20-8-11-23(17)16-6-5-14(19)12-15(16)21-18/h5-6,8,11-13H,2-4,7,9-10H2,1H3. The summed E-state index contributed by atoms with van der Waals surface area (Å²) in [7, 11) is 0. The Bertz CT molecular complexity index is 842. The van der Waals surface area contributed by atoms with E-state index in [0.29, 0.717) is 0 Å². The quantitative estimate of drug-likeness (QED) is 0.622. The number of aromatic nitrogens is 3. The van der Waals surface area contributed by atoms with E-state index >= 15 is 0 Å². The van der Waals surface area contributed by atoms with Crippen LogP contribution in [-0.2, 0) is 0 Å². The van der Waals surface area contributed by atoms with Gasteiger partial charge >= 0.3 is 0 Å². The third kappa shape index (κ3) is 2.82. The Labute approximate surface area is 144 Å². The first-order valence-corrected chi connectivity index (χ1v) is 9.19. The van der Waals surface area contributed by atoms with Gasteiger partial charge in [-0.05, 0) is 37.0 Å². The van der Waals surface area contributed by atoms with Gasteiger partial charge in [-0.3, -0.25) is 4.40 Å². The highest BCUT2D eigenvalue weighted by molar-refractivity contribution is 9.10. The fraction of sp³-hybridized carbons (Fsp3) is 0.444. The lowest BCUT2D eigenvalue weighted by molar-refractivity contribution is 0.437. The molecule has 1 saturated heterocycles. The highest BCUT2D eigenvalue weighted by atomic mass is 79.9. The molecule has 0 saturated carbocycles. The number of hydrogen-bond acceptors (Lipinski definition) is 3. The lowest BCUT2D eigenvalue weighted by Gasteiger charge is -2.28. The summed E-state index contributed by atoms with van der Waals surface area (Å²) in [4.78, 5) is 12.0. The Kier molecular flexibility index (Phi) is 3.97. The van der Waals surface area contributed by atoms with Gasteiger partial charge in [0, 0.05) is 30.0 Å². The van der Waals surface area contributed by atoms with Crippen LogP contribution in [0.15, 0.2) is 35.1 Å². The number of nitrogens with zero attached hydrogens (tertiary/aromatic N) is 4. The van der Waals surface area contributed by atoms with E-state index in [1.165, 1.54) is 25.7 Å². The van der Waals surface area contributed by atoms with Gasteiger partial charge in [-0.15, -0.1) is 0 Å². The Hall–Kier alpha value is -1.62. The van der Waals surface area contributed by atoms with Crippen molar-refractivity contribution in [3.8, 4) is 0 Å². The minimum absolute atomic E-state index is 0.795. The van der Waals surface area contributed by atoms with Crippen molar-refractivity contribution in [3.63, 3.8) is 0 Å². The van der Waals surface area contributed by atoms with Gasteiger partial charge in [-0.25, -0.2) is 9.97 Å². The van der Waals surface area contributed by atoms with E-state index in [1.54, 1.807) is 0 Å². The molecule has 1 aliphatic rings. The molecule has 0 aliphatic carbocycles. The Morgan fingerprint density at radius 2 is 2.09 bits per heavy atom. The average molecular weight is 373 g/mol. The van der Waals surface area contributed by atoms with Gasteiger partial charge in [-0.2, -0.15) is 0 Å². The molecule has 1 atom stereocenters. The number of anilines is 1. The van der Waals surface area contributed by atoms with Crippen LogP contribution in [0.5, 0.6) is 0 Å². The second kappa shape index (κ2) is 6.11. The van der Waals surface area contributed by atoms with Crippen LogP contribution in [0.4, 0.5) is 5.82 Å². The van der Waals surface area contributed by atoms with Crippen molar-refractivity contribution in [1.82, 2.24) is 14.4 Å². The Morgan fingerprint density at radius 3 is 3.00 bits per heavy atom. The lowest BCUT2D eigenvalue weighted by atomic mass is 9.98. The van der Waals surface area contributed by atoms with Crippen LogP contribution < -0.4 is 4.90 Å². The van der Waals surface area contributed by atoms with Crippen molar-refractivity contribution >= 4 is 38.4 Å². The third-order valence-corrected chi connectivity index (χ3v) is 5.32. The number of benzene rings is 1. The first kappa shape index (κ1) is 14.9. The van der Waals surface area contributed by atoms with E-state index in [0.717, 1.165) is 46.0 Å². The molecule has 1 aromatic carbocycles. The number of hydrogen-bond donors (Lipinski definition) is 0. The molecule has 5 heteroatoms. The molecule has 2 aromatic heterocycles. The molecular formula is C18H21BrN4. The van der Waals surface area contributed by atoms with Gasteiger partial charge in [0.15, 0.2) is 11.5 Å². The SMILES string of the molecule is CC1CCCCN(c2nc3cc(Br)ccc3n3ccnc23)CC1. The second-order valence-corrected chi connectivity index (χ2v) is 7.48. The van der Waals surface area contributed by atoms with E-state index in [-0.39, 0.29) is 0 Å². The molecule has 0 N–H and O–H groups in total. The zero-order chi connectivity index (χ0) is 15.8. The van der Waals surface area contributed by atoms with Crippen LogP contribution in [0.1, 0.15) is 32.6 Å². The van der Waals surface area contributed by atoms with E-state index in [9.17, 15) is 0 Å². The molecule has 1 unspecified atom stereocenters. The first-order chi connectivity index (χ1) is 11.2. The van der Waals surface area contributed by atoms with Crippen molar-refractivity contribution in [1.29, 1.82) is 0 Å². The number of halogens is 1. The zero-order valence-electron chi connectivity index (χ0n) is 13.4. The van der Waals surface area contributed by atoms with E-state index in [2.05, 4.69) is 55.3 Å². The molecule has 0 spiro atoms. The minimum atomic E-state index is 0.795. The highest BCUT2D eigenvalue weighted by Crippen LogP contribution is 2.28. The van der Waals surface area contributed by atoms with E-state index in [1.807, 2.05) is 12.4 Å². The summed E-state index contributed by atoms with van der Waals surface area (Å²) in [6.07, 6.45) is 9.02. The molecule has 120 valence electrons. The van der Waals surface area contributed by atoms with Gasteiger partial charge in [0.05, 0.1) is 11.0 Å². The normalized spacial score (nSPS) is 19.9. The summed E-state index contributed by atoms with van der Waals surface area (Å²) in [5.41, 5.74) is 3.08. The van der Waals surface area contributed by atoms with Crippen molar-refractivity contribution in [2.75, 3.05) is 18.0 Å². The van der Waals surface area contributed by atoms with Gasteiger partial charge < -0.3 is 4.90 Å². The fourth-order valence-corrected chi connectivity index (χ4v) is 3.82. The van der Waals surface area contributed by atoms with Crippen LogP contribution in [0.2, 0.25) is 0 Å². The highest BCUT2D eigenvalue weighted by Gasteiger charge is 2.18. The molecule has 3 aromatic rings. The van der Waals surface area contributed by atoms with Crippen LogP contribution in [0.25, 0.3) is 16.7 Å². The molecule has 0 radical (unpaired) electrons. The predicted octanol–water partition coefficient (Wildman–Crippen LogP) is 4.66. The predicted molar refractivity (Wildman–Crippen MR) is 98.0 cm³/mol. The smallest absolute Gasteiger partial charge is 0.180 e. The molecule has 0 amide bonds. The summed E-state index contributed by atoms with van der Waals surface area (Å²) >= 11 is 3.56. The summed E-state index contributed by atoms with van der Waals surface area (Å²) in [6, 6.07) is 6.24. The second-order valence-electron chi connectivity index (χ2n) is 6.57. The molecular weight excluding hydrogens is 352 g/mol. The molecule has 4 nitrogen and oxygen atoms in total. The lowest BCUT2D eigenvalue weighted by Crippen LogP contribution is -2.30. The maximum absolute atomic E-state index is 4.97. The zero-order valence-corrected chi connectivity index (χ0v) is 15.0. The number of fused-ring (bicyclic) bond motifs is 3. The maximum Gasteiger partial charge on any atom is 0.180 e. The minimum Gasteiger partial charge on any atom is -0.353 e. The van der Waals surface area contributed by atoms with Crippen LogP contribution in [0, 0.1) is 5.92 Å². The van der Waals surface area contributed by atoms with Crippen LogP contribution in [-0.4, -0.2) is 27.5 Å². The summed E-state index contributed by atoms with van der Waals surface area (Å²) < 4.78 is 3.22. The fourth-order valence-electron chi connectivity index (χ4n) is 3.47. The van der Waals surface area contributed by atoms with E-state index < -0.39 is 0 Å². The molecule has 0 bridgehead atoms. The topological polar surface area (TPSA) is 33.4 Å². The molecule has 1 aliphatic heterocycles. The van der Waals surface area contributed by atoms with Gasteiger partial charge in [-0.1, -0.05) is 35.7 Å². The average Bonchev–Trinajstić information content (AvgIpc) is 3.00. The van der Waals surface area contributed by atoms with Crippen LogP contribution in [0.3, 0.4) is 0 Å². The Morgan fingerprint density at radius 1 is 1.17 bits per heavy atom. The van der Waals surface area contributed by atoms with Crippen molar-refractivity contribution in [2.24, 2.45) is 5.92 Å². The summed E-state index contributed by atoms with van der Waals surface area (Å²) in [5.74, 6) is 1.82. The van der Waals surface area contributed by atoms with Crippen molar-refractivity contribution in [3.05, 3.63) is 35.1 Å². The number of rotatable bonds is 1. The molecule has 4 rings (SSSR count). The molecule has 23 heavy (non-hydrogen) atoms. The monoisotopic (exact) mass is 372 g/mol. The van der Waals surface area contributed by atoms with Crippen molar-refractivity contribution in [2.45, 2.75) is 32.6 Å². The summed E-state index contributed by atoms with van der Waals surface area (Å²) in [6.45, 7) is 4.50. The van der Waals surface area contributed by atoms with Gasteiger partial charge in [0.1, 0.15) is 0 Å². The molecule has 1 fully saturated rings. The maximum atomic E-state index is 4.97. The van der Waals surface area contributed by atoms with E-state index in [4.69, 9.17) is 4.98 Å². The summed E-state index contributed by atoms with van der Waals surface area (Å²) in [5, 5.41) is 0. The Balaban J connectivity index is 1.85. The molecule has 3 heterocycles. The first-order valence-electron chi connectivity index (χ1n) is 8.39. The van der Waals surface area contributed by atoms with Crippen LogP contribution >= 0.6 is 15.9 Å². The van der Waals surface area contributed by atoms with Gasteiger partial charge in [0.25, 0.3) is 0 Å². The van der Waals surface area contributed by atoms with Gasteiger partial charge in [0.2, 0.25) is 0 Å². The van der Waals surface area contributed by atoms with Crippen molar-refractivity contribution < 1.29 is 0 Å². The largest absolute Gasteiger partial charge is 0.353 e. The number of imidazole rings is 1.